The van der Waals surface area contributed by atoms with Gasteiger partial charge in [-0.2, -0.15) is 0 Å². The number of hydrogen-bond acceptors (Lipinski definition) is 4. The minimum absolute atomic E-state index is 0.000375. The molecule has 1 fully saturated rings. The Morgan fingerprint density at radius 2 is 1.75 bits per heavy atom. The summed E-state index contributed by atoms with van der Waals surface area (Å²) in [4.78, 5) is 38.7. The minimum atomic E-state index is -0.578. The normalized spacial score (nSPS) is 16.4. The molecule has 3 rings (SSSR count). The fourth-order valence-corrected chi connectivity index (χ4v) is 3.30. The summed E-state index contributed by atoms with van der Waals surface area (Å²) in [6, 6.07) is 12.4. The Hall–Kier alpha value is -3.22. The minimum Gasteiger partial charge on any atom is -0.465 e. The van der Waals surface area contributed by atoms with E-state index in [1.165, 1.54) is 30.2 Å². The zero-order valence-electron chi connectivity index (χ0n) is 15.5. The van der Waals surface area contributed by atoms with Crippen molar-refractivity contribution in [1.82, 2.24) is 4.90 Å². The first-order valence-corrected chi connectivity index (χ1v) is 9.03. The first-order valence-electron chi connectivity index (χ1n) is 9.03. The number of nitrogens with zero attached hydrogens (tertiary/aromatic N) is 1. The summed E-state index contributed by atoms with van der Waals surface area (Å²) >= 11 is 0. The van der Waals surface area contributed by atoms with Crippen LogP contribution in [-0.4, -0.2) is 42.9 Å². The van der Waals surface area contributed by atoms with Gasteiger partial charge in [0.1, 0.15) is 5.82 Å². The zero-order chi connectivity index (χ0) is 20.1. The van der Waals surface area contributed by atoms with Gasteiger partial charge in [-0.1, -0.05) is 24.3 Å². The highest BCUT2D eigenvalue weighted by atomic mass is 19.1. The maximum absolute atomic E-state index is 13.9. The lowest BCUT2D eigenvalue weighted by Gasteiger charge is -2.32. The van der Waals surface area contributed by atoms with Crippen LogP contribution in [-0.2, 0) is 9.53 Å². The summed E-state index contributed by atoms with van der Waals surface area (Å²) in [6.45, 7) is 0.662. The number of para-hydroxylation sites is 1. The predicted octanol–water partition coefficient (Wildman–Crippen LogP) is 3.10. The van der Waals surface area contributed by atoms with E-state index in [-0.39, 0.29) is 23.6 Å². The smallest absolute Gasteiger partial charge is 0.339 e. The van der Waals surface area contributed by atoms with Gasteiger partial charge in [-0.15, -0.1) is 0 Å². The van der Waals surface area contributed by atoms with Crippen LogP contribution in [0.1, 0.15) is 33.6 Å². The third kappa shape index (κ3) is 4.19. The van der Waals surface area contributed by atoms with Gasteiger partial charge >= 0.3 is 5.97 Å². The molecule has 0 aliphatic carbocycles. The van der Waals surface area contributed by atoms with Gasteiger partial charge in [0.05, 0.1) is 29.8 Å². The highest BCUT2D eigenvalue weighted by molar-refractivity contribution is 6.02. The number of carbonyl (C=O) groups is 3. The molecule has 2 amide bonds. The van der Waals surface area contributed by atoms with Crippen LogP contribution in [0.5, 0.6) is 0 Å². The Morgan fingerprint density at radius 3 is 2.46 bits per heavy atom. The van der Waals surface area contributed by atoms with Crippen LogP contribution in [0.25, 0.3) is 0 Å². The number of ether oxygens (including phenoxy) is 1. The highest BCUT2D eigenvalue weighted by Crippen LogP contribution is 2.23. The van der Waals surface area contributed by atoms with Crippen LogP contribution >= 0.6 is 0 Å². The summed E-state index contributed by atoms with van der Waals surface area (Å²) in [7, 11) is 1.27. The van der Waals surface area contributed by atoms with E-state index in [4.69, 9.17) is 4.74 Å². The van der Waals surface area contributed by atoms with Crippen molar-refractivity contribution >= 4 is 23.5 Å². The number of esters is 1. The summed E-state index contributed by atoms with van der Waals surface area (Å²) in [5.74, 6) is -2.29. The Morgan fingerprint density at radius 1 is 1.07 bits per heavy atom. The molecule has 6 nitrogen and oxygen atoms in total. The van der Waals surface area contributed by atoms with Gasteiger partial charge in [-0.05, 0) is 37.1 Å². The molecule has 0 aromatic heterocycles. The molecule has 0 unspecified atom stereocenters. The summed E-state index contributed by atoms with van der Waals surface area (Å²) < 4.78 is 18.7. The van der Waals surface area contributed by atoms with Gasteiger partial charge in [0.25, 0.3) is 5.91 Å². The number of anilines is 1. The van der Waals surface area contributed by atoms with Crippen LogP contribution in [0.4, 0.5) is 10.1 Å². The molecule has 0 spiro atoms. The topological polar surface area (TPSA) is 75.7 Å². The van der Waals surface area contributed by atoms with Gasteiger partial charge in [0, 0.05) is 13.1 Å². The molecule has 2 aromatic rings. The molecule has 1 aliphatic rings. The molecule has 1 saturated heterocycles. The number of amides is 2. The highest BCUT2D eigenvalue weighted by Gasteiger charge is 2.30. The van der Waals surface area contributed by atoms with Gasteiger partial charge in [-0.25, -0.2) is 9.18 Å². The average Bonchev–Trinajstić information content (AvgIpc) is 2.73. The van der Waals surface area contributed by atoms with Crippen LogP contribution < -0.4 is 5.32 Å². The zero-order valence-corrected chi connectivity index (χ0v) is 15.5. The molecular weight excluding hydrogens is 363 g/mol. The van der Waals surface area contributed by atoms with Crippen LogP contribution in [0, 0.1) is 11.7 Å². The first kappa shape index (κ1) is 19.5. The van der Waals surface area contributed by atoms with Crippen molar-refractivity contribution in [2.75, 3.05) is 25.5 Å². The van der Waals surface area contributed by atoms with E-state index < -0.39 is 23.6 Å². The summed E-state index contributed by atoms with van der Waals surface area (Å²) in [5, 5.41) is 2.75. The van der Waals surface area contributed by atoms with Gasteiger partial charge in [0.15, 0.2) is 0 Å². The second kappa shape index (κ2) is 8.65. The first-order chi connectivity index (χ1) is 13.5. The van der Waals surface area contributed by atoms with E-state index in [2.05, 4.69) is 5.32 Å². The van der Waals surface area contributed by atoms with Crippen LogP contribution in [0.2, 0.25) is 0 Å². The summed E-state index contributed by atoms with van der Waals surface area (Å²) in [6.07, 6.45) is 1.24. The van der Waals surface area contributed by atoms with E-state index in [0.29, 0.717) is 25.1 Å². The molecule has 28 heavy (non-hydrogen) atoms. The lowest BCUT2D eigenvalue weighted by molar-refractivity contribution is -0.121. The van der Waals surface area contributed by atoms with Crippen molar-refractivity contribution in [3.05, 3.63) is 65.5 Å². The molecular formula is C21H21FN2O4. The van der Waals surface area contributed by atoms with Gasteiger partial charge < -0.3 is 15.0 Å². The van der Waals surface area contributed by atoms with E-state index >= 15 is 0 Å². The molecule has 146 valence electrons. The van der Waals surface area contributed by atoms with Crippen molar-refractivity contribution in [3.63, 3.8) is 0 Å². The van der Waals surface area contributed by atoms with Crippen molar-refractivity contribution in [3.8, 4) is 0 Å². The van der Waals surface area contributed by atoms with Crippen LogP contribution in [0.3, 0.4) is 0 Å². The number of nitrogens with one attached hydrogen (secondary N) is 1. The van der Waals surface area contributed by atoms with E-state index in [9.17, 15) is 18.8 Å². The monoisotopic (exact) mass is 384 g/mol. The number of benzene rings is 2. The third-order valence-corrected chi connectivity index (χ3v) is 4.77. The fraction of sp³-hybridized carbons (Fsp3) is 0.286. The number of hydrogen-bond donors (Lipinski definition) is 1. The molecule has 7 heteroatoms. The standard InChI is InChI=1S/C21H21FN2O4/c1-28-21(27)16-9-3-5-11-18(16)23-19(25)14-7-6-12-24(13-14)20(26)15-8-2-4-10-17(15)22/h2-5,8-11,14H,6-7,12-13H2,1H3,(H,23,25)/t14-/m0/s1. The van der Waals surface area contributed by atoms with E-state index in [0.717, 1.165) is 0 Å². The second-order valence-corrected chi connectivity index (χ2v) is 6.60. The lowest BCUT2D eigenvalue weighted by atomic mass is 9.96. The molecule has 2 aromatic carbocycles. The van der Waals surface area contributed by atoms with Gasteiger partial charge in [-0.3, -0.25) is 9.59 Å². The fourth-order valence-electron chi connectivity index (χ4n) is 3.30. The molecule has 0 radical (unpaired) electrons. The van der Waals surface area contributed by atoms with Crippen LogP contribution in [0.15, 0.2) is 48.5 Å². The van der Waals surface area contributed by atoms with E-state index in [1.54, 1.807) is 30.3 Å². The number of halogens is 1. The lowest BCUT2D eigenvalue weighted by Crippen LogP contribution is -2.44. The van der Waals surface area contributed by atoms with Crippen molar-refractivity contribution in [2.45, 2.75) is 12.8 Å². The molecule has 0 saturated carbocycles. The Balaban J connectivity index is 1.71. The Labute approximate surface area is 162 Å². The average molecular weight is 384 g/mol. The number of carbonyl (C=O) groups excluding carboxylic acids is 3. The third-order valence-electron chi connectivity index (χ3n) is 4.77. The van der Waals surface area contributed by atoms with E-state index in [1.807, 2.05) is 0 Å². The molecule has 1 N–H and O–H groups in total. The number of piperidine rings is 1. The molecule has 1 aliphatic heterocycles. The second-order valence-electron chi connectivity index (χ2n) is 6.60. The van der Waals surface area contributed by atoms with Crippen molar-refractivity contribution in [1.29, 1.82) is 0 Å². The number of rotatable bonds is 4. The molecule has 1 heterocycles. The number of likely N-dealkylation sites (tertiary alicyclic amines) is 1. The Bertz CT molecular complexity index is 899. The SMILES string of the molecule is COC(=O)c1ccccc1NC(=O)[C@H]1CCCN(C(=O)c2ccccc2F)C1. The number of methoxy groups -OCH3 is 1. The largest absolute Gasteiger partial charge is 0.465 e. The van der Waals surface area contributed by atoms with Gasteiger partial charge in [0.2, 0.25) is 5.91 Å². The maximum atomic E-state index is 13.9. The Kier molecular flexibility index (Phi) is 6.03. The predicted molar refractivity (Wildman–Crippen MR) is 101 cm³/mol. The van der Waals surface area contributed by atoms with Crippen molar-refractivity contribution < 1.29 is 23.5 Å². The van der Waals surface area contributed by atoms with Crippen molar-refractivity contribution in [2.24, 2.45) is 5.92 Å². The maximum Gasteiger partial charge on any atom is 0.339 e. The molecule has 1 atom stereocenters. The molecule has 0 bridgehead atoms. The quantitative estimate of drug-likeness (QED) is 0.822. The summed E-state index contributed by atoms with van der Waals surface area (Å²) in [5.41, 5.74) is 0.616.